The highest BCUT2D eigenvalue weighted by Crippen LogP contribution is 2.27. The van der Waals surface area contributed by atoms with E-state index < -0.39 is 0 Å². The molecule has 30 heavy (non-hydrogen) atoms. The van der Waals surface area contributed by atoms with Crippen LogP contribution in [0.25, 0.3) is 5.57 Å². The lowest BCUT2D eigenvalue weighted by atomic mass is 9.96. The Kier molecular flexibility index (Phi) is 7.69. The van der Waals surface area contributed by atoms with Crippen molar-refractivity contribution in [1.82, 2.24) is 5.32 Å². The van der Waals surface area contributed by atoms with Crippen molar-refractivity contribution >= 4 is 34.7 Å². The lowest BCUT2D eigenvalue weighted by Crippen LogP contribution is -2.33. The second kappa shape index (κ2) is 10.4. The highest BCUT2D eigenvalue weighted by atomic mass is 35.5. The summed E-state index contributed by atoms with van der Waals surface area (Å²) in [7, 11) is 0. The van der Waals surface area contributed by atoms with Gasteiger partial charge in [0.2, 0.25) is 11.8 Å². The second-order valence-corrected chi connectivity index (χ2v) is 8.20. The van der Waals surface area contributed by atoms with Gasteiger partial charge in [0, 0.05) is 30.2 Å². The van der Waals surface area contributed by atoms with Crippen molar-refractivity contribution in [1.29, 1.82) is 0 Å². The minimum atomic E-state index is -0.311. The van der Waals surface area contributed by atoms with Crippen LogP contribution in [0.15, 0.2) is 54.6 Å². The molecule has 0 radical (unpaired) electrons. The lowest BCUT2D eigenvalue weighted by molar-refractivity contribution is -0.126. The molecule has 2 aromatic rings. The minimum Gasteiger partial charge on any atom is -0.355 e. The number of amides is 2. The summed E-state index contributed by atoms with van der Waals surface area (Å²) >= 11 is 6.21. The Labute approximate surface area is 183 Å². The fourth-order valence-electron chi connectivity index (χ4n) is 3.81. The maximum absolute atomic E-state index is 12.7. The molecule has 1 heterocycles. The van der Waals surface area contributed by atoms with E-state index in [2.05, 4.69) is 25.2 Å². The number of unbranched alkanes of at least 4 members (excludes halogenated alkanes) is 1. The fraction of sp³-hybridized carbons (Fsp3) is 0.360. The van der Waals surface area contributed by atoms with Gasteiger partial charge in [-0.3, -0.25) is 9.59 Å². The number of nitrogens with one attached hydrogen (secondary N) is 1. The minimum absolute atomic E-state index is 0.000525. The van der Waals surface area contributed by atoms with Crippen molar-refractivity contribution in [2.24, 2.45) is 5.92 Å². The van der Waals surface area contributed by atoms with Crippen molar-refractivity contribution in [2.45, 2.75) is 39.5 Å². The van der Waals surface area contributed by atoms with Gasteiger partial charge in [0.1, 0.15) is 0 Å². The van der Waals surface area contributed by atoms with E-state index >= 15 is 0 Å². The van der Waals surface area contributed by atoms with E-state index in [0.29, 0.717) is 18.1 Å². The molecule has 3 rings (SSSR count). The number of anilines is 1. The molecule has 2 amide bonds. The zero-order valence-corrected chi connectivity index (χ0v) is 18.4. The standard InChI is InChI=1S/C25H29ClN2O2/c1-3-4-8-19(23-16-21(26)12-11-18(23)2)13-14-27-25(30)20-15-24(29)28(17-20)22-9-6-5-7-10-22/h5-12,16,20H,3-4,13-15,17H2,1-2H3,(H,27,30)/b19-8-. The number of hydrogen-bond donors (Lipinski definition) is 1. The van der Waals surface area contributed by atoms with Gasteiger partial charge in [0.15, 0.2) is 0 Å². The molecular weight excluding hydrogens is 396 g/mol. The highest BCUT2D eigenvalue weighted by Gasteiger charge is 2.34. The number of carbonyl (C=O) groups excluding carboxylic acids is 2. The number of nitrogens with zero attached hydrogens (tertiary/aromatic N) is 1. The van der Waals surface area contributed by atoms with Crippen molar-refractivity contribution in [2.75, 3.05) is 18.0 Å². The zero-order valence-electron chi connectivity index (χ0n) is 17.7. The summed E-state index contributed by atoms with van der Waals surface area (Å²) in [6.07, 6.45) is 5.27. The van der Waals surface area contributed by atoms with Crippen molar-refractivity contribution in [3.05, 3.63) is 70.8 Å². The molecular formula is C25H29ClN2O2. The van der Waals surface area contributed by atoms with E-state index in [1.54, 1.807) is 4.90 Å². The number of carbonyl (C=O) groups is 2. The number of benzene rings is 2. The van der Waals surface area contributed by atoms with Crippen LogP contribution in [-0.2, 0) is 9.59 Å². The van der Waals surface area contributed by atoms with E-state index in [0.717, 1.165) is 30.5 Å². The van der Waals surface area contributed by atoms with Crippen LogP contribution in [-0.4, -0.2) is 24.9 Å². The molecule has 0 aromatic heterocycles. The summed E-state index contributed by atoms with van der Waals surface area (Å²) in [4.78, 5) is 26.8. The van der Waals surface area contributed by atoms with E-state index in [1.807, 2.05) is 48.5 Å². The normalized spacial score (nSPS) is 16.8. The molecule has 5 heteroatoms. The third-order valence-electron chi connectivity index (χ3n) is 5.48. The van der Waals surface area contributed by atoms with Crippen LogP contribution in [0.2, 0.25) is 5.02 Å². The van der Waals surface area contributed by atoms with Gasteiger partial charge in [-0.05, 0) is 60.7 Å². The molecule has 1 aliphatic rings. The Balaban J connectivity index is 1.59. The first-order chi connectivity index (χ1) is 14.5. The van der Waals surface area contributed by atoms with Gasteiger partial charge in [-0.1, -0.05) is 55.3 Å². The zero-order chi connectivity index (χ0) is 21.5. The van der Waals surface area contributed by atoms with Crippen LogP contribution >= 0.6 is 11.6 Å². The maximum atomic E-state index is 12.7. The average molecular weight is 425 g/mol. The molecule has 0 aliphatic carbocycles. The van der Waals surface area contributed by atoms with E-state index in [9.17, 15) is 9.59 Å². The predicted molar refractivity (Wildman–Crippen MR) is 124 cm³/mol. The molecule has 158 valence electrons. The lowest BCUT2D eigenvalue weighted by Gasteiger charge is -2.17. The third kappa shape index (κ3) is 5.51. The first-order valence-electron chi connectivity index (χ1n) is 10.6. The summed E-state index contributed by atoms with van der Waals surface area (Å²) in [6, 6.07) is 15.4. The van der Waals surface area contributed by atoms with Crippen molar-refractivity contribution < 1.29 is 9.59 Å². The third-order valence-corrected chi connectivity index (χ3v) is 5.72. The molecule has 1 saturated heterocycles. The van der Waals surface area contributed by atoms with Crippen LogP contribution in [0, 0.1) is 12.8 Å². The summed E-state index contributed by atoms with van der Waals surface area (Å²) in [5.41, 5.74) is 4.36. The molecule has 0 bridgehead atoms. The van der Waals surface area contributed by atoms with Crippen LogP contribution in [0.4, 0.5) is 5.69 Å². The molecule has 1 unspecified atom stereocenters. The SMILES string of the molecule is CCC/C=C(/CCNC(=O)C1CC(=O)N(c2ccccc2)C1)c1cc(Cl)ccc1C. The van der Waals surface area contributed by atoms with Gasteiger partial charge in [0.05, 0.1) is 5.92 Å². The van der Waals surface area contributed by atoms with Crippen molar-refractivity contribution in [3.8, 4) is 0 Å². The molecule has 0 saturated carbocycles. The Bertz CT molecular complexity index is 924. The monoisotopic (exact) mass is 424 g/mol. The smallest absolute Gasteiger partial charge is 0.227 e. The fourth-order valence-corrected chi connectivity index (χ4v) is 3.98. The number of hydrogen-bond acceptors (Lipinski definition) is 2. The van der Waals surface area contributed by atoms with Crippen molar-refractivity contribution in [3.63, 3.8) is 0 Å². The highest BCUT2D eigenvalue weighted by molar-refractivity contribution is 6.30. The van der Waals surface area contributed by atoms with Crippen LogP contribution < -0.4 is 10.2 Å². The summed E-state index contributed by atoms with van der Waals surface area (Å²) in [6.45, 7) is 5.19. The summed E-state index contributed by atoms with van der Waals surface area (Å²) in [5.74, 6) is -0.368. The molecule has 1 aliphatic heterocycles. The molecule has 1 atom stereocenters. The van der Waals surface area contributed by atoms with Crippen LogP contribution in [0.5, 0.6) is 0 Å². The quantitative estimate of drug-likeness (QED) is 0.617. The molecule has 0 spiro atoms. The van der Waals surface area contributed by atoms with Gasteiger partial charge in [-0.2, -0.15) is 0 Å². The number of halogens is 1. The molecule has 1 fully saturated rings. The number of para-hydroxylation sites is 1. The average Bonchev–Trinajstić information content (AvgIpc) is 3.14. The topological polar surface area (TPSA) is 49.4 Å². The van der Waals surface area contributed by atoms with Gasteiger partial charge in [-0.15, -0.1) is 0 Å². The Morgan fingerprint density at radius 2 is 2.00 bits per heavy atom. The van der Waals surface area contributed by atoms with E-state index in [1.165, 1.54) is 11.1 Å². The van der Waals surface area contributed by atoms with Crippen LogP contribution in [0.3, 0.4) is 0 Å². The number of allylic oxidation sites excluding steroid dienone is 1. The summed E-state index contributed by atoms with van der Waals surface area (Å²) in [5, 5.41) is 3.75. The molecule has 4 nitrogen and oxygen atoms in total. The van der Waals surface area contributed by atoms with Gasteiger partial charge in [-0.25, -0.2) is 0 Å². The van der Waals surface area contributed by atoms with E-state index in [4.69, 9.17) is 11.6 Å². The molecule has 1 N–H and O–H groups in total. The van der Waals surface area contributed by atoms with Gasteiger partial charge >= 0.3 is 0 Å². The van der Waals surface area contributed by atoms with Gasteiger partial charge < -0.3 is 10.2 Å². The number of aryl methyl sites for hydroxylation is 1. The number of rotatable bonds is 8. The first-order valence-corrected chi connectivity index (χ1v) is 11.0. The summed E-state index contributed by atoms with van der Waals surface area (Å²) < 4.78 is 0. The largest absolute Gasteiger partial charge is 0.355 e. The Hall–Kier alpha value is -2.59. The van der Waals surface area contributed by atoms with E-state index in [-0.39, 0.29) is 24.2 Å². The van der Waals surface area contributed by atoms with Crippen LogP contribution in [0.1, 0.15) is 43.7 Å². The second-order valence-electron chi connectivity index (χ2n) is 7.76. The van der Waals surface area contributed by atoms with Gasteiger partial charge in [0.25, 0.3) is 0 Å². The molecule has 2 aromatic carbocycles. The Morgan fingerprint density at radius 3 is 2.73 bits per heavy atom. The maximum Gasteiger partial charge on any atom is 0.227 e. The Morgan fingerprint density at radius 1 is 1.23 bits per heavy atom. The first kappa shape index (κ1) is 22.1. The predicted octanol–water partition coefficient (Wildman–Crippen LogP) is 5.39.